The summed E-state index contributed by atoms with van der Waals surface area (Å²) in [5.74, 6) is 1.68. The number of carbonyl (C=O) groups excluding carboxylic acids is 2. The van der Waals surface area contributed by atoms with Crippen molar-refractivity contribution in [2.75, 3.05) is 26.1 Å². The third-order valence-corrected chi connectivity index (χ3v) is 6.36. The number of benzene rings is 2. The minimum Gasteiger partial charge on any atom is -0.497 e. The molecule has 10 heteroatoms. The zero-order valence-electron chi connectivity index (χ0n) is 19.0. The van der Waals surface area contributed by atoms with E-state index in [2.05, 4.69) is 5.32 Å². The first-order chi connectivity index (χ1) is 17.0. The average molecular weight is 511 g/mol. The number of thioether (sulfide) groups is 1. The van der Waals surface area contributed by atoms with Crippen LogP contribution < -0.4 is 19.5 Å². The van der Waals surface area contributed by atoms with Gasteiger partial charge in [-0.3, -0.25) is 14.5 Å². The Labute approximate surface area is 211 Å². The number of furan rings is 1. The van der Waals surface area contributed by atoms with Crippen molar-refractivity contribution in [3.63, 3.8) is 0 Å². The molecule has 2 heterocycles. The zero-order valence-corrected chi connectivity index (χ0v) is 20.6. The van der Waals surface area contributed by atoms with Crippen LogP contribution in [0.3, 0.4) is 0 Å². The minimum absolute atomic E-state index is 0.189. The summed E-state index contributed by atoms with van der Waals surface area (Å²) in [6.07, 6.45) is 3.30. The van der Waals surface area contributed by atoms with Crippen LogP contribution >= 0.6 is 24.0 Å². The molecule has 8 nitrogen and oxygen atoms in total. The second-order valence-electron chi connectivity index (χ2n) is 7.32. The Hall–Kier alpha value is -3.76. The van der Waals surface area contributed by atoms with Crippen molar-refractivity contribution >= 4 is 51.9 Å². The van der Waals surface area contributed by atoms with Crippen molar-refractivity contribution in [2.45, 2.75) is 6.54 Å². The molecule has 3 aromatic rings. The number of hydrogen-bond acceptors (Lipinski definition) is 8. The Morgan fingerprint density at radius 1 is 1.11 bits per heavy atom. The molecule has 4 rings (SSSR count). The predicted octanol–water partition coefficient (Wildman–Crippen LogP) is 4.72. The Balaban J connectivity index is 1.39. The maximum absolute atomic E-state index is 12.8. The number of hydrogen-bond donors (Lipinski definition) is 1. The topological polar surface area (TPSA) is 90.2 Å². The molecule has 1 saturated heterocycles. The molecule has 1 fully saturated rings. The van der Waals surface area contributed by atoms with Crippen LogP contribution in [0.4, 0.5) is 5.69 Å². The Morgan fingerprint density at radius 2 is 1.91 bits per heavy atom. The van der Waals surface area contributed by atoms with Gasteiger partial charge in [0.1, 0.15) is 15.8 Å². The minimum atomic E-state index is -0.318. The van der Waals surface area contributed by atoms with Crippen molar-refractivity contribution in [1.82, 2.24) is 4.90 Å². The Kier molecular flexibility index (Phi) is 7.74. The lowest BCUT2D eigenvalue weighted by Gasteiger charge is -2.12. The van der Waals surface area contributed by atoms with Gasteiger partial charge in [0.2, 0.25) is 0 Å². The summed E-state index contributed by atoms with van der Waals surface area (Å²) in [6.45, 7) is 0.0802. The molecule has 0 radical (unpaired) electrons. The molecule has 2 amide bonds. The lowest BCUT2D eigenvalue weighted by atomic mass is 10.2. The Bertz CT molecular complexity index is 1260. The van der Waals surface area contributed by atoms with Crippen molar-refractivity contribution in [2.24, 2.45) is 0 Å². The van der Waals surface area contributed by atoms with Crippen LogP contribution in [-0.2, 0) is 16.1 Å². The fourth-order valence-corrected chi connectivity index (χ4v) is 4.51. The molecule has 0 bridgehead atoms. The molecule has 1 aromatic heterocycles. The number of amides is 2. The van der Waals surface area contributed by atoms with E-state index < -0.39 is 0 Å². The summed E-state index contributed by atoms with van der Waals surface area (Å²) in [7, 11) is 3.08. The zero-order chi connectivity index (χ0) is 24.8. The van der Waals surface area contributed by atoms with E-state index in [-0.39, 0.29) is 25.0 Å². The molecule has 0 spiro atoms. The maximum atomic E-state index is 12.8. The summed E-state index contributed by atoms with van der Waals surface area (Å²) >= 11 is 6.60. The van der Waals surface area contributed by atoms with Crippen molar-refractivity contribution < 1.29 is 28.2 Å². The van der Waals surface area contributed by atoms with Crippen LogP contribution in [-0.4, -0.2) is 41.9 Å². The summed E-state index contributed by atoms with van der Waals surface area (Å²) in [5.41, 5.74) is 1.36. The summed E-state index contributed by atoms with van der Waals surface area (Å²) < 4.78 is 22.0. The lowest BCUT2D eigenvalue weighted by molar-refractivity contribution is -0.122. The number of nitrogens with zero attached hydrogens (tertiary/aromatic N) is 1. The highest BCUT2D eigenvalue weighted by Crippen LogP contribution is 2.35. The molecule has 180 valence electrons. The first kappa shape index (κ1) is 24.4. The van der Waals surface area contributed by atoms with Crippen molar-refractivity contribution in [3.05, 3.63) is 77.1 Å². The highest BCUT2D eigenvalue weighted by Gasteiger charge is 2.32. The molecule has 1 N–H and O–H groups in total. The van der Waals surface area contributed by atoms with Crippen LogP contribution in [0.5, 0.6) is 17.2 Å². The normalized spacial score (nSPS) is 14.3. The molecule has 0 aliphatic carbocycles. The van der Waals surface area contributed by atoms with Crippen LogP contribution in [0.2, 0.25) is 0 Å². The third-order valence-electron chi connectivity index (χ3n) is 4.99. The molecule has 1 aliphatic heterocycles. The van der Waals surface area contributed by atoms with Gasteiger partial charge in [-0.1, -0.05) is 30.0 Å². The second-order valence-corrected chi connectivity index (χ2v) is 9.00. The van der Waals surface area contributed by atoms with E-state index in [1.54, 1.807) is 74.0 Å². The average Bonchev–Trinajstić information content (AvgIpc) is 3.47. The van der Waals surface area contributed by atoms with Gasteiger partial charge in [-0.15, -0.1) is 0 Å². The predicted molar refractivity (Wildman–Crippen MR) is 138 cm³/mol. The highest BCUT2D eigenvalue weighted by atomic mass is 32.2. The molecular weight excluding hydrogens is 488 g/mol. The van der Waals surface area contributed by atoms with Crippen LogP contribution in [0.1, 0.15) is 11.3 Å². The molecule has 35 heavy (non-hydrogen) atoms. The van der Waals surface area contributed by atoms with E-state index in [9.17, 15) is 9.59 Å². The van der Waals surface area contributed by atoms with E-state index >= 15 is 0 Å². The molecule has 0 atom stereocenters. The number of rotatable bonds is 9. The summed E-state index contributed by atoms with van der Waals surface area (Å²) in [5, 5.41) is 2.76. The monoisotopic (exact) mass is 510 g/mol. The molecule has 0 unspecified atom stereocenters. The van der Waals surface area contributed by atoms with Crippen molar-refractivity contribution in [1.29, 1.82) is 0 Å². The molecule has 2 aromatic carbocycles. The second kappa shape index (κ2) is 11.1. The molecule has 0 saturated carbocycles. The first-order valence-electron chi connectivity index (χ1n) is 10.5. The quantitative estimate of drug-likeness (QED) is 0.327. The van der Waals surface area contributed by atoms with Crippen LogP contribution in [0, 0.1) is 0 Å². The van der Waals surface area contributed by atoms with E-state index in [0.29, 0.717) is 37.9 Å². The van der Waals surface area contributed by atoms with Gasteiger partial charge in [-0.25, -0.2) is 0 Å². The van der Waals surface area contributed by atoms with Gasteiger partial charge in [0.05, 0.1) is 31.9 Å². The highest BCUT2D eigenvalue weighted by molar-refractivity contribution is 8.26. The SMILES string of the molecule is COc1ccc(NC(=O)COc2ccc(C=C3SC(=S)N(Cc4ccco4)C3=O)cc2OC)cc1. The van der Waals surface area contributed by atoms with E-state index in [1.807, 2.05) is 0 Å². The fourth-order valence-electron chi connectivity index (χ4n) is 3.25. The van der Waals surface area contributed by atoms with E-state index in [1.165, 1.54) is 23.8 Å². The van der Waals surface area contributed by atoms with Gasteiger partial charge in [0.25, 0.3) is 11.8 Å². The van der Waals surface area contributed by atoms with E-state index in [0.717, 1.165) is 5.56 Å². The van der Waals surface area contributed by atoms with Gasteiger partial charge in [0.15, 0.2) is 18.1 Å². The first-order valence-corrected chi connectivity index (χ1v) is 11.7. The van der Waals surface area contributed by atoms with Crippen molar-refractivity contribution in [3.8, 4) is 17.2 Å². The summed E-state index contributed by atoms with van der Waals surface area (Å²) in [6, 6.07) is 15.7. The number of anilines is 1. The largest absolute Gasteiger partial charge is 0.497 e. The van der Waals surface area contributed by atoms with Gasteiger partial charge in [-0.05, 0) is 60.2 Å². The van der Waals surface area contributed by atoms with Gasteiger partial charge >= 0.3 is 0 Å². The molecular formula is C25H22N2O6S2. The lowest BCUT2D eigenvalue weighted by Crippen LogP contribution is -2.27. The summed E-state index contributed by atoms with van der Waals surface area (Å²) in [4.78, 5) is 27.1. The van der Waals surface area contributed by atoms with Gasteiger partial charge in [-0.2, -0.15) is 0 Å². The number of nitrogens with one attached hydrogen (secondary N) is 1. The fraction of sp³-hybridized carbons (Fsp3) is 0.160. The Morgan fingerprint density at radius 3 is 2.60 bits per heavy atom. The standard InChI is InChI=1S/C25H22N2O6S2/c1-30-18-8-6-17(7-9-18)26-23(28)15-33-20-10-5-16(12-21(20)31-2)13-22-24(29)27(25(34)35-22)14-19-4-3-11-32-19/h3-13H,14-15H2,1-2H3,(H,26,28). The van der Waals surface area contributed by atoms with Crippen LogP contribution in [0.25, 0.3) is 6.08 Å². The van der Waals surface area contributed by atoms with E-state index in [4.69, 9.17) is 30.8 Å². The van der Waals surface area contributed by atoms with Gasteiger partial charge in [0, 0.05) is 5.69 Å². The van der Waals surface area contributed by atoms with Gasteiger partial charge < -0.3 is 23.9 Å². The molecule has 1 aliphatic rings. The smallest absolute Gasteiger partial charge is 0.266 e. The number of ether oxygens (including phenoxy) is 3. The number of carbonyl (C=O) groups is 2. The number of thiocarbonyl (C=S) groups is 1. The van der Waals surface area contributed by atoms with Crippen LogP contribution in [0.15, 0.2) is 70.2 Å². The number of methoxy groups -OCH3 is 2. The third kappa shape index (κ3) is 6.03. The maximum Gasteiger partial charge on any atom is 0.266 e.